The van der Waals surface area contributed by atoms with E-state index in [9.17, 15) is 14.3 Å². The topological polar surface area (TPSA) is 56.3 Å². The summed E-state index contributed by atoms with van der Waals surface area (Å²) in [6, 6.07) is 4.44. The lowest BCUT2D eigenvalue weighted by Gasteiger charge is -2.32. The van der Waals surface area contributed by atoms with E-state index in [2.05, 4.69) is 4.98 Å². The molecule has 2 aromatic rings. The zero-order valence-electron chi connectivity index (χ0n) is 12.0. The molecule has 1 aliphatic rings. The number of hydrogen-bond acceptors (Lipinski definition) is 2. The zero-order chi connectivity index (χ0) is 15.0. The largest absolute Gasteiger partial charge is 0.396 e. The van der Waals surface area contributed by atoms with E-state index in [0.29, 0.717) is 24.0 Å². The molecule has 1 atom stereocenters. The van der Waals surface area contributed by atoms with Gasteiger partial charge in [0, 0.05) is 36.3 Å². The lowest BCUT2D eigenvalue weighted by molar-refractivity contribution is 0.0622. The van der Waals surface area contributed by atoms with Crippen LogP contribution in [0.25, 0.3) is 10.9 Å². The van der Waals surface area contributed by atoms with E-state index in [1.165, 1.54) is 12.1 Å². The van der Waals surface area contributed by atoms with Crippen molar-refractivity contribution in [2.24, 2.45) is 5.92 Å². The highest BCUT2D eigenvalue weighted by Gasteiger charge is 2.27. The Labute approximate surface area is 122 Å². The Hall–Kier alpha value is -1.88. The highest BCUT2D eigenvalue weighted by atomic mass is 19.1. The summed E-state index contributed by atoms with van der Waals surface area (Å²) in [5.74, 6) is -0.283. The van der Waals surface area contributed by atoms with E-state index in [1.54, 1.807) is 11.0 Å². The predicted molar refractivity (Wildman–Crippen MR) is 78.7 cm³/mol. The van der Waals surface area contributed by atoms with Gasteiger partial charge in [0.25, 0.3) is 5.91 Å². The second kappa shape index (κ2) is 5.48. The van der Waals surface area contributed by atoms with Crippen LogP contribution >= 0.6 is 0 Å². The SMILES string of the molecule is Cc1[nH]c2ccc(F)cc2c1C(=O)N1CCCC(CO)C1. The van der Waals surface area contributed by atoms with Crippen LogP contribution in [0.15, 0.2) is 18.2 Å². The number of aryl methyl sites for hydroxylation is 1. The lowest BCUT2D eigenvalue weighted by atomic mass is 9.98. The quantitative estimate of drug-likeness (QED) is 0.892. The zero-order valence-corrected chi connectivity index (χ0v) is 12.0. The molecule has 21 heavy (non-hydrogen) atoms. The maximum Gasteiger partial charge on any atom is 0.256 e. The number of piperidine rings is 1. The average Bonchev–Trinajstić information content (AvgIpc) is 2.81. The number of aliphatic hydroxyl groups is 1. The molecule has 1 unspecified atom stereocenters. The molecule has 2 heterocycles. The molecule has 1 amide bonds. The van der Waals surface area contributed by atoms with Crippen LogP contribution in [-0.4, -0.2) is 40.6 Å². The number of fused-ring (bicyclic) bond motifs is 1. The van der Waals surface area contributed by atoms with Gasteiger partial charge < -0.3 is 15.0 Å². The first-order valence-electron chi connectivity index (χ1n) is 7.28. The number of hydrogen-bond donors (Lipinski definition) is 2. The van der Waals surface area contributed by atoms with Gasteiger partial charge in [-0.1, -0.05) is 0 Å². The third-order valence-electron chi connectivity index (χ3n) is 4.23. The summed E-state index contributed by atoms with van der Waals surface area (Å²) in [4.78, 5) is 17.7. The van der Waals surface area contributed by atoms with Crippen LogP contribution in [0.5, 0.6) is 0 Å². The molecule has 1 saturated heterocycles. The number of nitrogens with zero attached hydrogens (tertiary/aromatic N) is 1. The van der Waals surface area contributed by atoms with Crippen molar-refractivity contribution in [1.29, 1.82) is 0 Å². The van der Waals surface area contributed by atoms with E-state index in [0.717, 1.165) is 24.1 Å². The van der Waals surface area contributed by atoms with Crippen molar-refractivity contribution in [2.45, 2.75) is 19.8 Å². The van der Waals surface area contributed by atoms with Crippen LogP contribution in [0.4, 0.5) is 4.39 Å². The van der Waals surface area contributed by atoms with Gasteiger partial charge in [-0.3, -0.25) is 4.79 Å². The number of amides is 1. The minimum atomic E-state index is -0.345. The molecule has 112 valence electrons. The van der Waals surface area contributed by atoms with Gasteiger partial charge >= 0.3 is 0 Å². The standard InChI is InChI=1S/C16H19FN2O2/c1-10-15(13-7-12(17)4-5-14(13)18-10)16(21)19-6-2-3-11(8-19)9-20/h4-5,7,11,18,20H,2-3,6,8-9H2,1H3. The maximum atomic E-state index is 13.5. The predicted octanol–water partition coefficient (Wildman–Crippen LogP) is 2.46. The summed E-state index contributed by atoms with van der Waals surface area (Å²) in [5, 5.41) is 9.92. The number of aromatic nitrogens is 1. The average molecular weight is 290 g/mol. The van der Waals surface area contributed by atoms with Gasteiger partial charge in [-0.05, 0) is 43.9 Å². The van der Waals surface area contributed by atoms with Crippen molar-refractivity contribution in [2.75, 3.05) is 19.7 Å². The second-order valence-corrected chi connectivity index (χ2v) is 5.76. The number of carbonyl (C=O) groups excluding carboxylic acids is 1. The number of likely N-dealkylation sites (tertiary alicyclic amines) is 1. The van der Waals surface area contributed by atoms with Crippen molar-refractivity contribution < 1.29 is 14.3 Å². The molecule has 4 nitrogen and oxygen atoms in total. The molecule has 2 N–H and O–H groups in total. The minimum Gasteiger partial charge on any atom is -0.396 e. The van der Waals surface area contributed by atoms with Crippen molar-refractivity contribution in [3.63, 3.8) is 0 Å². The van der Waals surface area contributed by atoms with Crippen LogP contribution in [0.1, 0.15) is 28.9 Å². The van der Waals surface area contributed by atoms with Gasteiger partial charge in [0.15, 0.2) is 0 Å². The van der Waals surface area contributed by atoms with E-state index in [1.807, 2.05) is 6.92 Å². The van der Waals surface area contributed by atoms with Crippen LogP contribution in [0.2, 0.25) is 0 Å². The van der Waals surface area contributed by atoms with Crippen molar-refractivity contribution in [1.82, 2.24) is 9.88 Å². The number of aliphatic hydroxyl groups excluding tert-OH is 1. The molecule has 3 rings (SSSR count). The number of H-pyrrole nitrogens is 1. The Balaban J connectivity index is 1.97. The summed E-state index contributed by atoms with van der Waals surface area (Å²) in [6.07, 6.45) is 1.84. The minimum absolute atomic E-state index is 0.0810. The van der Waals surface area contributed by atoms with Gasteiger partial charge in [-0.2, -0.15) is 0 Å². The molecule has 0 aliphatic carbocycles. The first-order valence-corrected chi connectivity index (χ1v) is 7.28. The van der Waals surface area contributed by atoms with Gasteiger partial charge in [0.05, 0.1) is 5.56 Å². The third-order valence-corrected chi connectivity index (χ3v) is 4.23. The summed E-state index contributed by atoms with van der Waals surface area (Å²) in [5.41, 5.74) is 2.07. The van der Waals surface area contributed by atoms with Gasteiger partial charge in [-0.25, -0.2) is 4.39 Å². The van der Waals surface area contributed by atoms with Crippen LogP contribution in [0, 0.1) is 18.7 Å². The molecular formula is C16H19FN2O2. The number of aromatic amines is 1. The van der Waals surface area contributed by atoms with Crippen molar-refractivity contribution in [3.05, 3.63) is 35.3 Å². The fourth-order valence-corrected chi connectivity index (χ4v) is 3.13. The number of halogens is 1. The smallest absolute Gasteiger partial charge is 0.256 e. The summed E-state index contributed by atoms with van der Waals surface area (Å²) in [6.45, 7) is 3.19. The Morgan fingerprint density at radius 1 is 1.52 bits per heavy atom. The molecule has 5 heteroatoms. The summed E-state index contributed by atoms with van der Waals surface area (Å²) < 4.78 is 13.5. The Kier molecular flexibility index (Phi) is 3.68. The lowest BCUT2D eigenvalue weighted by Crippen LogP contribution is -2.41. The Morgan fingerprint density at radius 3 is 3.10 bits per heavy atom. The van der Waals surface area contributed by atoms with E-state index in [4.69, 9.17) is 0 Å². The molecule has 0 spiro atoms. The van der Waals surface area contributed by atoms with Crippen LogP contribution in [-0.2, 0) is 0 Å². The monoisotopic (exact) mass is 290 g/mol. The molecule has 0 saturated carbocycles. The van der Waals surface area contributed by atoms with Crippen molar-refractivity contribution in [3.8, 4) is 0 Å². The summed E-state index contributed by atoms with van der Waals surface area (Å²) >= 11 is 0. The van der Waals surface area contributed by atoms with E-state index < -0.39 is 0 Å². The van der Waals surface area contributed by atoms with E-state index >= 15 is 0 Å². The number of carbonyl (C=O) groups is 1. The molecule has 1 aliphatic heterocycles. The fraction of sp³-hybridized carbons (Fsp3) is 0.438. The molecule has 1 aromatic heterocycles. The molecular weight excluding hydrogens is 271 g/mol. The highest BCUT2D eigenvalue weighted by molar-refractivity contribution is 6.08. The molecule has 1 fully saturated rings. The number of rotatable bonds is 2. The van der Waals surface area contributed by atoms with Crippen molar-refractivity contribution >= 4 is 16.8 Å². The highest BCUT2D eigenvalue weighted by Crippen LogP contribution is 2.26. The van der Waals surface area contributed by atoms with E-state index in [-0.39, 0.29) is 24.2 Å². The molecule has 0 radical (unpaired) electrons. The second-order valence-electron chi connectivity index (χ2n) is 5.76. The third kappa shape index (κ3) is 2.53. The summed E-state index contributed by atoms with van der Waals surface area (Å²) in [7, 11) is 0. The molecule has 0 bridgehead atoms. The normalized spacial score (nSPS) is 19.2. The van der Waals surface area contributed by atoms with Crippen LogP contribution < -0.4 is 0 Å². The first-order chi connectivity index (χ1) is 10.1. The number of benzene rings is 1. The van der Waals surface area contributed by atoms with Gasteiger partial charge in [0.2, 0.25) is 0 Å². The molecule has 1 aromatic carbocycles. The fourth-order valence-electron chi connectivity index (χ4n) is 3.13. The Bertz CT molecular complexity index is 680. The maximum absolute atomic E-state index is 13.5. The van der Waals surface area contributed by atoms with Crippen LogP contribution in [0.3, 0.4) is 0 Å². The van der Waals surface area contributed by atoms with Gasteiger partial charge in [-0.15, -0.1) is 0 Å². The Morgan fingerprint density at radius 2 is 2.33 bits per heavy atom. The first kappa shape index (κ1) is 14.1. The van der Waals surface area contributed by atoms with Gasteiger partial charge in [0.1, 0.15) is 5.82 Å². The number of nitrogens with one attached hydrogen (secondary N) is 1.